The number of nitrogens with zero attached hydrogens (tertiary/aromatic N) is 1. The van der Waals surface area contributed by atoms with Gasteiger partial charge in [-0.2, -0.15) is 0 Å². The van der Waals surface area contributed by atoms with E-state index < -0.39 is 9.84 Å². The summed E-state index contributed by atoms with van der Waals surface area (Å²) in [4.78, 5) is 13.6. The number of carbonyl (C=O) groups is 1. The van der Waals surface area contributed by atoms with E-state index in [1.165, 1.54) is 4.90 Å². The molecule has 0 heterocycles. The zero-order valence-corrected chi connectivity index (χ0v) is 13.5. The fraction of sp³-hybridized carbons (Fsp3) is 0.562. The van der Waals surface area contributed by atoms with Crippen LogP contribution < -0.4 is 0 Å². The van der Waals surface area contributed by atoms with E-state index in [2.05, 4.69) is 0 Å². The van der Waals surface area contributed by atoms with Gasteiger partial charge < -0.3 is 4.90 Å². The lowest BCUT2D eigenvalue weighted by molar-refractivity contribution is -0.127. The maximum Gasteiger partial charge on any atom is 0.237 e. The van der Waals surface area contributed by atoms with Crippen LogP contribution in [0, 0.1) is 6.92 Å². The van der Waals surface area contributed by atoms with E-state index in [0.29, 0.717) is 19.4 Å². The summed E-state index contributed by atoms with van der Waals surface area (Å²) in [5.74, 6) is -0.678. The first-order valence-electron chi connectivity index (χ1n) is 7.39. The van der Waals surface area contributed by atoms with Gasteiger partial charge in [-0.25, -0.2) is 8.42 Å². The van der Waals surface area contributed by atoms with Gasteiger partial charge in [-0.05, 0) is 25.3 Å². The SMILES string of the molecule is Cc1ccc(CN(C)C(=O)CS(=O)(=O)C2CCCC2)cc1. The van der Waals surface area contributed by atoms with Crippen molar-refractivity contribution in [2.45, 2.75) is 44.4 Å². The fourth-order valence-electron chi connectivity index (χ4n) is 2.70. The van der Waals surface area contributed by atoms with Gasteiger partial charge >= 0.3 is 0 Å². The molecule has 0 aliphatic heterocycles. The van der Waals surface area contributed by atoms with E-state index in [0.717, 1.165) is 24.0 Å². The molecule has 1 saturated carbocycles. The lowest BCUT2D eigenvalue weighted by atomic mass is 10.1. The van der Waals surface area contributed by atoms with E-state index in [-0.39, 0.29) is 16.9 Å². The van der Waals surface area contributed by atoms with Crippen molar-refractivity contribution >= 4 is 15.7 Å². The largest absolute Gasteiger partial charge is 0.341 e. The summed E-state index contributed by atoms with van der Waals surface area (Å²) in [6.07, 6.45) is 3.32. The minimum atomic E-state index is -3.29. The summed E-state index contributed by atoms with van der Waals surface area (Å²) in [6.45, 7) is 2.45. The van der Waals surface area contributed by atoms with Crippen LogP contribution in [0.15, 0.2) is 24.3 Å². The molecule has 1 aliphatic rings. The Morgan fingerprint density at radius 3 is 2.33 bits per heavy atom. The third-order valence-electron chi connectivity index (χ3n) is 4.10. The van der Waals surface area contributed by atoms with Crippen molar-refractivity contribution in [3.63, 3.8) is 0 Å². The van der Waals surface area contributed by atoms with Crippen LogP contribution in [0.2, 0.25) is 0 Å². The highest BCUT2D eigenvalue weighted by Gasteiger charge is 2.31. The number of amides is 1. The Hall–Kier alpha value is -1.36. The number of hydrogen-bond acceptors (Lipinski definition) is 3. The number of carbonyl (C=O) groups excluding carboxylic acids is 1. The van der Waals surface area contributed by atoms with Gasteiger partial charge in [0.15, 0.2) is 9.84 Å². The molecule has 0 unspecified atom stereocenters. The third kappa shape index (κ3) is 4.30. The minimum absolute atomic E-state index is 0.311. The summed E-state index contributed by atoms with van der Waals surface area (Å²) in [5, 5.41) is -0.311. The van der Waals surface area contributed by atoms with E-state index in [4.69, 9.17) is 0 Å². The van der Waals surface area contributed by atoms with Gasteiger partial charge in [0.05, 0.1) is 5.25 Å². The number of sulfone groups is 1. The van der Waals surface area contributed by atoms with Gasteiger partial charge in [-0.15, -0.1) is 0 Å². The van der Waals surface area contributed by atoms with Gasteiger partial charge in [-0.3, -0.25) is 4.79 Å². The lowest BCUT2D eigenvalue weighted by Crippen LogP contribution is -2.35. The highest BCUT2D eigenvalue weighted by atomic mass is 32.2. The second kappa shape index (κ2) is 6.60. The molecule has 0 atom stereocenters. The first kappa shape index (κ1) is 16.0. The molecule has 0 spiro atoms. The molecule has 1 aromatic carbocycles. The van der Waals surface area contributed by atoms with Crippen LogP contribution in [-0.4, -0.2) is 37.3 Å². The van der Waals surface area contributed by atoms with Crippen LogP contribution in [0.5, 0.6) is 0 Å². The Morgan fingerprint density at radius 2 is 1.76 bits per heavy atom. The Morgan fingerprint density at radius 1 is 1.19 bits per heavy atom. The molecule has 21 heavy (non-hydrogen) atoms. The van der Waals surface area contributed by atoms with Crippen LogP contribution in [0.3, 0.4) is 0 Å². The van der Waals surface area contributed by atoms with Gasteiger partial charge in [0.25, 0.3) is 0 Å². The normalized spacial score (nSPS) is 16.1. The minimum Gasteiger partial charge on any atom is -0.341 e. The summed E-state index contributed by atoms with van der Waals surface area (Å²) >= 11 is 0. The highest BCUT2D eigenvalue weighted by molar-refractivity contribution is 7.92. The second-order valence-corrected chi connectivity index (χ2v) is 8.23. The summed E-state index contributed by atoms with van der Waals surface area (Å²) in [5.41, 5.74) is 2.17. The smallest absolute Gasteiger partial charge is 0.237 e. The molecule has 0 N–H and O–H groups in total. The molecule has 0 aromatic heterocycles. The maximum atomic E-state index is 12.2. The van der Waals surface area contributed by atoms with Gasteiger partial charge in [0.1, 0.15) is 5.75 Å². The molecule has 116 valence electrons. The van der Waals surface area contributed by atoms with Crippen molar-refractivity contribution in [1.82, 2.24) is 4.90 Å². The zero-order valence-electron chi connectivity index (χ0n) is 12.7. The topological polar surface area (TPSA) is 54.5 Å². The first-order chi connectivity index (χ1) is 9.88. The molecule has 0 bridgehead atoms. The van der Waals surface area contributed by atoms with E-state index in [1.807, 2.05) is 31.2 Å². The number of hydrogen-bond donors (Lipinski definition) is 0. The van der Waals surface area contributed by atoms with E-state index >= 15 is 0 Å². The van der Waals surface area contributed by atoms with Crippen LogP contribution in [0.4, 0.5) is 0 Å². The molecule has 2 rings (SSSR count). The fourth-order valence-corrected chi connectivity index (χ4v) is 4.56. The van der Waals surface area contributed by atoms with Gasteiger partial charge in [0.2, 0.25) is 5.91 Å². The number of rotatable bonds is 5. The standard InChI is InChI=1S/C16H23NO3S/c1-13-7-9-14(10-8-13)11-17(2)16(18)12-21(19,20)15-5-3-4-6-15/h7-10,15H,3-6,11-12H2,1-2H3. The van der Waals surface area contributed by atoms with Crippen molar-refractivity contribution in [3.05, 3.63) is 35.4 Å². The molecule has 1 amide bonds. The Bertz CT molecular complexity index is 586. The van der Waals surface area contributed by atoms with Crippen LogP contribution >= 0.6 is 0 Å². The van der Waals surface area contributed by atoms with Gasteiger partial charge in [-0.1, -0.05) is 42.7 Å². The molecule has 1 aromatic rings. The summed E-state index contributed by atoms with van der Waals surface area (Å²) < 4.78 is 24.4. The molecule has 1 aliphatic carbocycles. The highest BCUT2D eigenvalue weighted by Crippen LogP contribution is 2.25. The maximum absolute atomic E-state index is 12.2. The average molecular weight is 309 g/mol. The van der Waals surface area contributed by atoms with Gasteiger partial charge in [0, 0.05) is 13.6 Å². The van der Waals surface area contributed by atoms with Crippen molar-refractivity contribution in [1.29, 1.82) is 0 Å². The molecular formula is C16H23NO3S. The van der Waals surface area contributed by atoms with Crippen LogP contribution in [0.1, 0.15) is 36.8 Å². The van der Waals surface area contributed by atoms with Crippen molar-refractivity contribution < 1.29 is 13.2 Å². The zero-order chi connectivity index (χ0) is 15.5. The van der Waals surface area contributed by atoms with E-state index in [9.17, 15) is 13.2 Å². The molecule has 4 nitrogen and oxygen atoms in total. The number of aryl methyl sites for hydroxylation is 1. The second-order valence-electron chi connectivity index (χ2n) is 5.95. The van der Waals surface area contributed by atoms with Crippen molar-refractivity contribution in [2.24, 2.45) is 0 Å². The monoisotopic (exact) mass is 309 g/mol. The number of benzene rings is 1. The van der Waals surface area contributed by atoms with E-state index in [1.54, 1.807) is 7.05 Å². The first-order valence-corrected chi connectivity index (χ1v) is 9.11. The molecule has 0 saturated heterocycles. The Kier molecular flexibility index (Phi) is 5.04. The predicted octanol–water partition coefficient (Wildman–Crippen LogP) is 2.31. The van der Waals surface area contributed by atoms with Crippen LogP contribution in [0.25, 0.3) is 0 Å². The molecule has 0 radical (unpaired) electrons. The predicted molar refractivity (Wildman–Crippen MR) is 83.7 cm³/mol. The Balaban J connectivity index is 1.94. The quantitative estimate of drug-likeness (QED) is 0.838. The molecule has 5 heteroatoms. The molecule has 1 fully saturated rings. The molecular weight excluding hydrogens is 286 g/mol. The summed E-state index contributed by atoms with van der Waals surface area (Å²) in [6, 6.07) is 7.90. The van der Waals surface area contributed by atoms with Crippen molar-refractivity contribution in [2.75, 3.05) is 12.8 Å². The lowest BCUT2D eigenvalue weighted by Gasteiger charge is -2.19. The summed E-state index contributed by atoms with van der Waals surface area (Å²) in [7, 11) is -1.64. The van der Waals surface area contributed by atoms with Crippen LogP contribution in [-0.2, 0) is 21.2 Å². The average Bonchev–Trinajstić information content (AvgIpc) is 2.95. The third-order valence-corrected chi connectivity index (χ3v) is 6.24. The van der Waals surface area contributed by atoms with Crippen molar-refractivity contribution in [3.8, 4) is 0 Å². The Labute approximate surface area is 127 Å².